The SMILES string of the molecule is CC(NC(=O)OC(C)(C)C)C(=O)N1CCNCC1.CCCCC(=O)O. The van der Waals surface area contributed by atoms with Gasteiger partial charge in [0.2, 0.25) is 5.91 Å². The molecule has 1 unspecified atom stereocenters. The Bertz CT molecular complexity index is 428. The second kappa shape index (κ2) is 11.7. The molecule has 0 spiro atoms. The highest BCUT2D eigenvalue weighted by Crippen LogP contribution is 2.07. The van der Waals surface area contributed by atoms with Crippen molar-refractivity contribution >= 4 is 18.0 Å². The number of nitrogens with zero attached hydrogens (tertiary/aromatic N) is 1. The van der Waals surface area contributed by atoms with Crippen LogP contribution in [0.4, 0.5) is 4.79 Å². The topological polar surface area (TPSA) is 108 Å². The number of ether oxygens (including phenoxy) is 1. The molecule has 0 aromatic carbocycles. The normalized spacial score (nSPS) is 15.5. The zero-order valence-electron chi connectivity index (χ0n) is 16.1. The van der Waals surface area contributed by atoms with Crippen LogP contribution < -0.4 is 10.6 Å². The summed E-state index contributed by atoms with van der Waals surface area (Å²) < 4.78 is 5.11. The first-order valence-corrected chi connectivity index (χ1v) is 8.77. The van der Waals surface area contributed by atoms with E-state index in [0.29, 0.717) is 19.5 Å². The molecule has 0 aromatic rings. The number of carboxylic acid groups (broad SMARTS) is 1. The summed E-state index contributed by atoms with van der Waals surface area (Å²) in [5.41, 5.74) is -0.554. The van der Waals surface area contributed by atoms with Crippen LogP contribution in [-0.2, 0) is 14.3 Å². The van der Waals surface area contributed by atoms with Crippen molar-refractivity contribution in [2.75, 3.05) is 26.2 Å². The molecule has 1 saturated heterocycles. The quantitative estimate of drug-likeness (QED) is 0.688. The fraction of sp³-hybridized carbons (Fsp3) is 0.824. The van der Waals surface area contributed by atoms with Crippen molar-refractivity contribution in [1.29, 1.82) is 0 Å². The second-order valence-electron chi connectivity index (χ2n) is 6.94. The Kier molecular flexibility index (Phi) is 10.8. The van der Waals surface area contributed by atoms with Crippen molar-refractivity contribution in [3.05, 3.63) is 0 Å². The van der Waals surface area contributed by atoms with Gasteiger partial charge < -0.3 is 25.4 Å². The van der Waals surface area contributed by atoms with Gasteiger partial charge in [0.25, 0.3) is 0 Å². The number of carbonyl (C=O) groups excluding carboxylic acids is 2. The molecule has 8 heteroatoms. The first-order chi connectivity index (χ1) is 11.6. The molecule has 146 valence electrons. The molecule has 1 heterocycles. The molecular formula is C17H33N3O5. The zero-order valence-corrected chi connectivity index (χ0v) is 16.1. The van der Waals surface area contributed by atoms with Crippen molar-refractivity contribution in [1.82, 2.24) is 15.5 Å². The number of rotatable bonds is 5. The zero-order chi connectivity index (χ0) is 19.5. The van der Waals surface area contributed by atoms with Gasteiger partial charge in [-0.1, -0.05) is 13.3 Å². The Morgan fingerprint density at radius 3 is 2.20 bits per heavy atom. The number of carboxylic acids is 1. The molecule has 8 nitrogen and oxygen atoms in total. The molecule has 3 N–H and O–H groups in total. The van der Waals surface area contributed by atoms with E-state index in [9.17, 15) is 14.4 Å². The number of alkyl carbamates (subject to hydrolysis) is 1. The van der Waals surface area contributed by atoms with E-state index in [-0.39, 0.29) is 5.91 Å². The molecular weight excluding hydrogens is 326 g/mol. The summed E-state index contributed by atoms with van der Waals surface area (Å²) in [5.74, 6) is -0.760. The smallest absolute Gasteiger partial charge is 0.408 e. The van der Waals surface area contributed by atoms with Gasteiger partial charge in [-0.05, 0) is 34.1 Å². The number of piperazine rings is 1. The van der Waals surface area contributed by atoms with Crippen LogP contribution in [0.3, 0.4) is 0 Å². The third-order valence-electron chi connectivity index (χ3n) is 3.28. The number of unbranched alkanes of at least 4 members (excludes halogenated alkanes) is 1. The fourth-order valence-electron chi connectivity index (χ4n) is 2.03. The van der Waals surface area contributed by atoms with E-state index < -0.39 is 23.7 Å². The molecule has 0 radical (unpaired) electrons. The Hall–Kier alpha value is -1.83. The molecule has 1 fully saturated rings. The third-order valence-corrected chi connectivity index (χ3v) is 3.28. The minimum atomic E-state index is -0.693. The van der Waals surface area contributed by atoms with Crippen LogP contribution in [0.2, 0.25) is 0 Å². The lowest BCUT2D eigenvalue weighted by atomic mass is 10.2. The lowest BCUT2D eigenvalue weighted by Crippen LogP contribution is -2.53. The number of carbonyl (C=O) groups is 3. The molecule has 1 aliphatic rings. The van der Waals surface area contributed by atoms with Gasteiger partial charge in [0, 0.05) is 32.6 Å². The number of hydrogen-bond donors (Lipinski definition) is 3. The third kappa shape index (κ3) is 12.2. The molecule has 1 atom stereocenters. The highest BCUT2D eigenvalue weighted by atomic mass is 16.6. The van der Waals surface area contributed by atoms with Crippen LogP contribution in [0.25, 0.3) is 0 Å². The largest absolute Gasteiger partial charge is 0.481 e. The van der Waals surface area contributed by atoms with Gasteiger partial charge in [-0.3, -0.25) is 9.59 Å². The summed E-state index contributed by atoms with van der Waals surface area (Å²) >= 11 is 0. The van der Waals surface area contributed by atoms with Crippen LogP contribution in [0.15, 0.2) is 0 Å². The van der Waals surface area contributed by atoms with E-state index in [1.807, 2.05) is 6.92 Å². The Labute approximate surface area is 150 Å². The lowest BCUT2D eigenvalue weighted by Gasteiger charge is -2.30. The van der Waals surface area contributed by atoms with Crippen molar-refractivity contribution in [3.8, 4) is 0 Å². The lowest BCUT2D eigenvalue weighted by molar-refractivity contribution is -0.137. The molecule has 0 aliphatic carbocycles. The van der Waals surface area contributed by atoms with E-state index in [1.54, 1.807) is 32.6 Å². The summed E-state index contributed by atoms with van der Waals surface area (Å²) in [6.07, 6.45) is 1.52. The first-order valence-electron chi connectivity index (χ1n) is 8.77. The predicted octanol–water partition coefficient (Wildman–Crippen LogP) is 1.59. The van der Waals surface area contributed by atoms with Crippen LogP contribution in [-0.4, -0.2) is 65.8 Å². The van der Waals surface area contributed by atoms with Gasteiger partial charge in [0.15, 0.2) is 0 Å². The minimum absolute atomic E-state index is 0.0673. The van der Waals surface area contributed by atoms with Gasteiger partial charge in [0.1, 0.15) is 11.6 Å². The van der Waals surface area contributed by atoms with Gasteiger partial charge in [-0.25, -0.2) is 4.79 Å². The number of amides is 2. The maximum Gasteiger partial charge on any atom is 0.408 e. The average molecular weight is 359 g/mol. The molecule has 0 saturated carbocycles. The van der Waals surface area contributed by atoms with Crippen LogP contribution in [0.1, 0.15) is 53.9 Å². The van der Waals surface area contributed by atoms with Gasteiger partial charge in [0.05, 0.1) is 0 Å². The fourth-order valence-corrected chi connectivity index (χ4v) is 2.03. The Morgan fingerprint density at radius 1 is 1.24 bits per heavy atom. The van der Waals surface area contributed by atoms with Crippen molar-refractivity contribution in [3.63, 3.8) is 0 Å². The number of aliphatic carboxylic acids is 1. The highest BCUT2D eigenvalue weighted by molar-refractivity contribution is 5.85. The summed E-state index contributed by atoms with van der Waals surface area (Å²) in [6.45, 7) is 12.0. The molecule has 1 rings (SSSR count). The maximum atomic E-state index is 12.0. The van der Waals surface area contributed by atoms with E-state index in [2.05, 4.69) is 10.6 Å². The Morgan fingerprint density at radius 2 is 1.80 bits per heavy atom. The summed E-state index contributed by atoms with van der Waals surface area (Å²) in [6, 6.07) is -0.557. The minimum Gasteiger partial charge on any atom is -0.481 e. The predicted molar refractivity (Wildman–Crippen MR) is 95.4 cm³/mol. The van der Waals surface area contributed by atoms with Crippen LogP contribution in [0.5, 0.6) is 0 Å². The van der Waals surface area contributed by atoms with Gasteiger partial charge >= 0.3 is 12.1 Å². The van der Waals surface area contributed by atoms with E-state index >= 15 is 0 Å². The van der Waals surface area contributed by atoms with Crippen molar-refractivity contribution < 1.29 is 24.2 Å². The van der Waals surface area contributed by atoms with Crippen molar-refractivity contribution in [2.24, 2.45) is 0 Å². The summed E-state index contributed by atoms with van der Waals surface area (Å²) in [5, 5.41) is 13.8. The summed E-state index contributed by atoms with van der Waals surface area (Å²) in [4.78, 5) is 35.1. The van der Waals surface area contributed by atoms with E-state index in [1.165, 1.54) is 0 Å². The van der Waals surface area contributed by atoms with Gasteiger partial charge in [-0.15, -0.1) is 0 Å². The van der Waals surface area contributed by atoms with E-state index in [0.717, 1.165) is 25.9 Å². The Balaban J connectivity index is 0.000000697. The van der Waals surface area contributed by atoms with E-state index in [4.69, 9.17) is 9.84 Å². The molecule has 1 aliphatic heterocycles. The number of nitrogens with one attached hydrogen (secondary N) is 2. The molecule has 0 aromatic heterocycles. The summed E-state index contributed by atoms with van der Waals surface area (Å²) in [7, 11) is 0. The molecule has 0 bridgehead atoms. The first kappa shape index (κ1) is 23.2. The highest BCUT2D eigenvalue weighted by Gasteiger charge is 2.25. The van der Waals surface area contributed by atoms with Crippen LogP contribution >= 0.6 is 0 Å². The molecule has 25 heavy (non-hydrogen) atoms. The monoisotopic (exact) mass is 359 g/mol. The van der Waals surface area contributed by atoms with Crippen molar-refractivity contribution in [2.45, 2.75) is 65.5 Å². The van der Waals surface area contributed by atoms with Crippen LogP contribution in [0, 0.1) is 0 Å². The second-order valence-corrected chi connectivity index (χ2v) is 6.94. The maximum absolute atomic E-state index is 12.0. The number of hydrogen-bond acceptors (Lipinski definition) is 5. The average Bonchev–Trinajstić information content (AvgIpc) is 2.51. The van der Waals surface area contributed by atoms with Gasteiger partial charge in [-0.2, -0.15) is 0 Å². The standard InChI is InChI=1S/C12H23N3O3.C5H10O2/c1-9(14-11(17)18-12(2,3)4)10(16)15-7-5-13-6-8-15;1-2-3-4-5(6)7/h9,13H,5-8H2,1-4H3,(H,14,17);2-4H2,1H3,(H,6,7). The molecule has 2 amide bonds.